The van der Waals surface area contributed by atoms with Gasteiger partial charge < -0.3 is 10.1 Å². The summed E-state index contributed by atoms with van der Waals surface area (Å²) in [6.45, 7) is 1.38. The molecule has 150 valence electrons. The van der Waals surface area contributed by atoms with E-state index in [9.17, 15) is 26.7 Å². The van der Waals surface area contributed by atoms with Crippen molar-refractivity contribution in [1.29, 1.82) is 0 Å². The van der Waals surface area contributed by atoms with Gasteiger partial charge in [-0.1, -0.05) is 0 Å². The molecule has 1 N–H and O–H groups in total. The molecule has 0 aliphatic heterocycles. The molecule has 0 saturated heterocycles. The third kappa shape index (κ3) is 4.48. The molecule has 29 heavy (non-hydrogen) atoms. The van der Waals surface area contributed by atoms with E-state index in [1.54, 1.807) is 0 Å². The van der Waals surface area contributed by atoms with Crippen LogP contribution < -0.4 is 10.1 Å². The number of rotatable bonds is 4. The number of aryl methyl sites for hydroxylation is 1. The lowest BCUT2D eigenvalue weighted by Crippen LogP contribution is -2.19. The molecule has 0 saturated carbocycles. The van der Waals surface area contributed by atoms with E-state index >= 15 is 0 Å². The Kier molecular flexibility index (Phi) is 5.44. The summed E-state index contributed by atoms with van der Waals surface area (Å²) in [7, 11) is 0. The molecule has 3 aromatic rings. The van der Waals surface area contributed by atoms with Crippen molar-refractivity contribution in [3.8, 4) is 11.5 Å². The van der Waals surface area contributed by atoms with Crippen molar-refractivity contribution in [3.05, 3.63) is 77.4 Å². The van der Waals surface area contributed by atoms with Crippen molar-refractivity contribution in [2.24, 2.45) is 0 Å². The molecule has 2 aromatic heterocycles. The number of pyridine rings is 2. The molecule has 3 rings (SSSR count). The molecule has 0 fully saturated rings. The van der Waals surface area contributed by atoms with Gasteiger partial charge in [0.25, 0.3) is 5.91 Å². The molecule has 1 amide bonds. The van der Waals surface area contributed by atoms with E-state index in [-0.39, 0.29) is 17.1 Å². The van der Waals surface area contributed by atoms with Crippen molar-refractivity contribution in [2.75, 3.05) is 5.32 Å². The number of ether oxygens (including phenoxy) is 1. The van der Waals surface area contributed by atoms with Crippen LogP contribution in [0.25, 0.3) is 0 Å². The van der Waals surface area contributed by atoms with Crippen LogP contribution >= 0.6 is 0 Å². The summed E-state index contributed by atoms with van der Waals surface area (Å²) in [5.74, 6) is -4.30. The number of hydrogen-bond donors (Lipinski definition) is 1. The van der Waals surface area contributed by atoms with Gasteiger partial charge in [-0.25, -0.2) is 9.37 Å². The number of benzene rings is 1. The van der Waals surface area contributed by atoms with Gasteiger partial charge in [0.2, 0.25) is 5.95 Å². The van der Waals surface area contributed by atoms with Gasteiger partial charge in [0.1, 0.15) is 17.1 Å². The Hall–Kier alpha value is -3.56. The second kappa shape index (κ2) is 7.82. The molecule has 0 bridgehead atoms. The minimum atomic E-state index is -5.03. The highest BCUT2D eigenvalue weighted by molar-refractivity contribution is 6.06. The number of aromatic nitrogens is 2. The summed E-state index contributed by atoms with van der Waals surface area (Å²) in [4.78, 5) is 19.8. The van der Waals surface area contributed by atoms with Crippen molar-refractivity contribution in [2.45, 2.75) is 13.1 Å². The van der Waals surface area contributed by atoms with Crippen LogP contribution in [0.4, 0.5) is 27.6 Å². The average Bonchev–Trinajstić information content (AvgIpc) is 2.64. The van der Waals surface area contributed by atoms with E-state index in [0.717, 1.165) is 18.2 Å². The third-order valence-electron chi connectivity index (χ3n) is 3.80. The zero-order chi connectivity index (χ0) is 21.2. The number of anilines is 1. The van der Waals surface area contributed by atoms with E-state index in [1.807, 2.05) is 0 Å². The highest BCUT2D eigenvalue weighted by Gasteiger charge is 2.37. The standard InChI is InChI=1S/C19H12F5N3O2/c1-10-13(4-5-15(20)26-10)29-14-3-2-12(19(22,23)24)17(21)16(14)18(28)27-11-6-8-25-9-7-11/h2-9H,1H3,(H,25,27,28). The van der Waals surface area contributed by atoms with Crippen LogP contribution in [-0.4, -0.2) is 15.9 Å². The van der Waals surface area contributed by atoms with Gasteiger partial charge in [0.15, 0.2) is 5.82 Å². The molecule has 0 atom stereocenters. The Bertz CT molecular complexity index is 1060. The summed E-state index contributed by atoms with van der Waals surface area (Å²) < 4.78 is 72.6. The maximum absolute atomic E-state index is 14.7. The van der Waals surface area contributed by atoms with Crippen molar-refractivity contribution < 1.29 is 31.5 Å². The fourth-order valence-corrected chi connectivity index (χ4v) is 2.45. The highest BCUT2D eigenvalue weighted by Crippen LogP contribution is 2.37. The van der Waals surface area contributed by atoms with Crippen LogP contribution in [0.2, 0.25) is 0 Å². The minimum absolute atomic E-state index is 0.0523. The topological polar surface area (TPSA) is 64.1 Å². The fraction of sp³-hybridized carbons (Fsp3) is 0.105. The van der Waals surface area contributed by atoms with Gasteiger partial charge in [0.05, 0.1) is 11.3 Å². The van der Waals surface area contributed by atoms with Crippen molar-refractivity contribution in [1.82, 2.24) is 9.97 Å². The molecule has 5 nitrogen and oxygen atoms in total. The Labute approximate surface area is 161 Å². The maximum Gasteiger partial charge on any atom is 0.419 e. The summed E-state index contributed by atoms with van der Waals surface area (Å²) in [6, 6.07) is 6.14. The molecule has 0 aliphatic rings. The van der Waals surface area contributed by atoms with E-state index in [4.69, 9.17) is 4.74 Å². The number of halogens is 5. The smallest absolute Gasteiger partial charge is 0.419 e. The number of carbonyl (C=O) groups is 1. The van der Waals surface area contributed by atoms with E-state index < -0.39 is 40.7 Å². The summed E-state index contributed by atoms with van der Waals surface area (Å²) in [5.41, 5.74) is -2.34. The largest absolute Gasteiger partial charge is 0.455 e. The monoisotopic (exact) mass is 409 g/mol. The number of nitrogens with zero attached hydrogens (tertiary/aromatic N) is 2. The zero-order valence-corrected chi connectivity index (χ0v) is 14.7. The zero-order valence-electron chi connectivity index (χ0n) is 14.7. The predicted octanol–water partition coefficient (Wildman–Crippen LogP) is 5.13. The molecular formula is C19H12F5N3O2. The minimum Gasteiger partial charge on any atom is -0.455 e. The molecular weight excluding hydrogens is 397 g/mol. The van der Waals surface area contributed by atoms with Crippen LogP contribution in [0.1, 0.15) is 21.6 Å². The summed E-state index contributed by atoms with van der Waals surface area (Å²) in [6.07, 6.45) is -2.35. The lowest BCUT2D eigenvalue weighted by molar-refractivity contribution is -0.140. The first-order valence-electron chi connectivity index (χ1n) is 8.09. The third-order valence-corrected chi connectivity index (χ3v) is 3.80. The van der Waals surface area contributed by atoms with Crippen molar-refractivity contribution >= 4 is 11.6 Å². The van der Waals surface area contributed by atoms with Gasteiger partial charge >= 0.3 is 6.18 Å². The molecule has 10 heteroatoms. The Morgan fingerprint density at radius 2 is 1.66 bits per heavy atom. The number of alkyl halides is 3. The van der Waals surface area contributed by atoms with E-state index in [1.165, 1.54) is 31.5 Å². The maximum atomic E-state index is 14.7. The number of hydrogen-bond acceptors (Lipinski definition) is 4. The normalized spacial score (nSPS) is 11.2. The van der Waals surface area contributed by atoms with Crippen LogP contribution in [0.3, 0.4) is 0 Å². The first-order chi connectivity index (χ1) is 13.7. The Morgan fingerprint density at radius 1 is 1.00 bits per heavy atom. The Balaban J connectivity index is 2.07. The van der Waals surface area contributed by atoms with Gasteiger partial charge in [-0.3, -0.25) is 9.78 Å². The van der Waals surface area contributed by atoms with E-state index in [2.05, 4.69) is 15.3 Å². The van der Waals surface area contributed by atoms with Gasteiger partial charge in [-0.15, -0.1) is 0 Å². The van der Waals surface area contributed by atoms with E-state index in [0.29, 0.717) is 6.07 Å². The predicted molar refractivity (Wildman–Crippen MR) is 92.6 cm³/mol. The van der Waals surface area contributed by atoms with Gasteiger partial charge in [0, 0.05) is 18.1 Å². The molecule has 1 aromatic carbocycles. The fourth-order valence-electron chi connectivity index (χ4n) is 2.45. The lowest BCUT2D eigenvalue weighted by atomic mass is 10.1. The number of carbonyl (C=O) groups excluding carboxylic acids is 1. The molecule has 0 unspecified atom stereocenters. The first kappa shape index (κ1) is 20.2. The summed E-state index contributed by atoms with van der Waals surface area (Å²) >= 11 is 0. The average molecular weight is 409 g/mol. The Morgan fingerprint density at radius 3 is 2.28 bits per heavy atom. The highest BCUT2D eigenvalue weighted by atomic mass is 19.4. The number of amides is 1. The van der Waals surface area contributed by atoms with Gasteiger partial charge in [-0.2, -0.15) is 17.6 Å². The molecule has 0 aliphatic carbocycles. The quantitative estimate of drug-likeness (QED) is 0.480. The second-order valence-corrected chi connectivity index (χ2v) is 5.81. The SMILES string of the molecule is Cc1nc(F)ccc1Oc1ccc(C(F)(F)F)c(F)c1C(=O)Nc1ccncc1. The van der Waals surface area contributed by atoms with Crippen LogP contribution in [0.5, 0.6) is 11.5 Å². The van der Waals surface area contributed by atoms with Crippen LogP contribution in [0, 0.1) is 18.7 Å². The van der Waals surface area contributed by atoms with Crippen LogP contribution in [-0.2, 0) is 6.18 Å². The molecule has 0 radical (unpaired) electrons. The first-order valence-corrected chi connectivity index (χ1v) is 8.09. The molecule has 0 spiro atoms. The second-order valence-electron chi connectivity index (χ2n) is 5.81. The van der Waals surface area contributed by atoms with Crippen LogP contribution in [0.15, 0.2) is 48.8 Å². The lowest BCUT2D eigenvalue weighted by Gasteiger charge is -2.16. The van der Waals surface area contributed by atoms with Crippen molar-refractivity contribution in [3.63, 3.8) is 0 Å². The number of nitrogens with one attached hydrogen (secondary N) is 1. The summed E-state index contributed by atoms with van der Waals surface area (Å²) in [5, 5.41) is 2.29. The van der Waals surface area contributed by atoms with Gasteiger partial charge in [-0.05, 0) is 43.3 Å². The molecule has 2 heterocycles.